The highest BCUT2D eigenvalue weighted by Gasteiger charge is 2.20. The first-order chi connectivity index (χ1) is 11.5. The minimum atomic E-state index is -4.00. The van der Waals surface area contributed by atoms with E-state index in [0.29, 0.717) is 17.9 Å². The number of benzene rings is 2. The highest BCUT2D eigenvalue weighted by molar-refractivity contribution is 7.95. The smallest absolute Gasteiger partial charge is 0.216 e. The van der Waals surface area contributed by atoms with E-state index in [2.05, 4.69) is 6.58 Å². The number of nitriles is 1. The molecule has 0 aliphatic carbocycles. The van der Waals surface area contributed by atoms with Crippen molar-refractivity contribution in [3.05, 3.63) is 77.5 Å². The normalized spacial score (nSPS) is 11.6. The second-order valence-corrected chi connectivity index (χ2v) is 6.66. The summed E-state index contributed by atoms with van der Waals surface area (Å²) in [5.41, 5.74) is 0.531. The Morgan fingerprint density at radius 2 is 1.79 bits per heavy atom. The highest BCUT2D eigenvalue weighted by Crippen LogP contribution is 2.22. The summed E-state index contributed by atoms with van der Waals surface area (Å²) in [5.74, 6) is 0.0542. The number of hydrogen-bond donors (Lipinski definition) is 0. The van der Waals surface area contributed by atoms with Crippen LogP contribution in [0.5, 0.6) is 5.75 Å². The van der Waals surface area contributed by atoms with Crippen molar-refractivity contribution in [1.82, 2.24) is 0 Å². The Kier molecular flexibility index (Phi) is 5.51. The molecule has 0 fully saturated rings. The van der Waals surface area contributed by atoms with Gasteiger partial charge in [0.05, 0.1) is 4.90 Å². The van der Waals surface area contributed by atoms with E-state index in [4.69, 9.17) is 4.74 Å². The largest absolute Gasteiger partial charge is 0.490 e. The predicted octanol–water partition coefficient (Wildman–Crippen LogP) is 3.73. The Morgan fingerprint density at radius 1 is 1.17 bits per heavy atom. The molecule has 122 valence electrons. The number of ether oxygens (including phenoxy) is 1. The van der Waals surface area contributed by atoms with Gasteiger partial charge in [-0.05, 0) is 48.0 Å². The lowest BCUT2D eigenvalue weighted by atomic mass is 10.2. The average molecular weight is 343 g/mol. The Labute approximate surface area is 140 Å². The molecule has 24 heavy (non-hydrogen) atoms. The molecular formula is C18H14FNO3S. The van der Waals surface area contributed by atoms with Crippen LogP contribution in [0.4, 0.5) is 4.39 Å². The number of hydrogen-bond acceptors (Lipinski definition) is 4. The van der Waals surface area contributed by atoms with Crippen LogP contribution >= 0.6 is 0 Å². The summed E-state index contributed by atoms with van der Waals surface area (Å²) in [4.78, 5) is -0.559. The van der Waals surface area contributed by atoms with Gasteiger partial charge in [-0.3, -0.25) is 0 Å². The number of halogens is 1. The van der Waals surface area contributed by atoms with Gasteiger partial charge in [-0.25, -0.2) is 12.8 Å². The van der Waals surface area contributed by atoms with Crippen molar-refractivity contribution in [2.24, 2.45) is 0 Å². The second-order valence-electron chi connectivity index (χ2n) is 4.75. The van der Waals surface area contributed by atoms with Gasteiger partial charge < -0.3 is 4.74 Å². The third-order valence-electron chi connectivity index (χ3n) is 3.07. The minimum Gasteiger partial charge on any atom is -0.490 e. The van der Waals surface area contributed by atoms with Crippen LogP contribution in [0.3, 0.4) is 0 Å². The van der Waals surface area contributed by atoms with Crippen LogP contribution in [0.25, 0.3) is 6.08 Å². The first kappa shape index (κ1) is 17.4. The van der Waals surface area contributed by atoms with E-state index in [1.54, 1.807) is 36.4 Å². The van der Waals surface area contributed by atoms with Gasteiger partial charge in [0.25, 0.3) is 0 Å². The quantitative estimate of drug-likeness (QED) is 0.455. The van der Waals surface area contributed by atoms with Crippen molar-refractivity contribution in [1.29, 1.82) is 5.26 Å². The van der Waals surface area contributed by atoms with Crippen LogP contribution < -0.4 is 4.74 Å². The van der Waals surface area contributed by atoms with Gasteiger partial charge in [-0.2, -0.15) is 5.26 Å². The molecule has 0 aliphatic rings. The summed E-state index contributed by atoms with van der Waals surface area (Å²) in [6.45, 7) is 3.90. The topological polar surface area (TPSA) is 67.2 Å². The van der Waals surface area contributed by atoms with E-state index in [9.17, 15) is 18.1 Å². The van der Waals surface area contributed by atoms with Crippen LogP contribution in [0.15, 0.2) is 71.0 Å². The van der Waals surface area contributed by atoms with Crippen molar-refractivity contribution in [2.75, 3.05) is 6.61 Å². The molecule has 0 spiro atoms. The van der Waals surface area contributed by atoms with Gasteiger partial charge in [0.2, 0.25) is 9.84 Å². The molecular weight excluding hydrogens is 329 g/mol. The van der Waals surface area contributed by atoms with Gasteiger partial charge in [-0.15, -0.1) is 0 Å². The summed E-state index contributed by atoms with van der Waals surface area (Å²) in [6, 6.07) is 12.6. The minimum absolute atomic E-state index is 0.136. The van der Waals surface area contributed by atoms with E-state index in [1.165, 1.54) is 6.08 Å². The third-order valence-corrected chi connectivity index (χ3v) is 4.75. The van der Waals surface area contributed by atoms with Crippen LogP contribution in [-0.4, -0.2) is 15.0 Å². The van der Waals surface area contributed by atoms with Crippen molar-refractivity contribution in [3.63, 3.8) is 0 Å². The zero-order chi connectivity index (χ0) is 17.6. The molecule has 4 nitrogen and oxygen atoms in total. The fourth-order valence-electron chi connectivity index (χ4n) is 1.88. The molecule has 2 rings (SSSR count). The summed E-state index contributed by atoms with van der Waals surface area (Å²) in [5, 5.41) is 9.20. The third kappa shape index (κ3) is 4.09. The lowest BCUT2D eigenvalue weighted by Gasteiger charge is -2.05. The first-order valence-corrected chi connectivity index (χ1v) is 8.42. The number of allylic oxidation sites excluding steroid dienone is 1. The van der Waals surface area contributed by atoms with Gasteiger partial charge in [0, 0.05) is 0 Å². The van der Waals surface area contributed by atoms with E-state index in [1.807, 2.05) is 0 Å². The SMILES string of the molecule is C=CCOc1ccc(/C=C(\C#N)S(=O)(=O)c2ccc(F)cc2)cc1. The summed E-state index contributed by atoms with van der Waals surface area (Å²) in [6.07, 6.45) is 2.87. The maximum Gasteiger partial charge on any atom is 0.216 e. The van der Waals surface area contributed by atoms with Gasteiger partial charge in [0.1, 0.15) is 29.1 Å². The molecule has 0 aliphatic heterocycles. The van der Waals surface area contributed by atoms with Crippen LogP contribution in [-0.2, 0) is 9.84 Å². The van der Waals surface area contributed by atoms with Crippen molar-refractivity contribution < 1.29 is 17.5 Å². The fourth-order valence-corrected chi connectivity index (χ4v) is 3.04. The molecule has 0 saturated heterocycles. The molecule has 0 radical (unpaired) electrons. The van der Waals surface area contributed by atoms with E-state index in [0.717, 1.165) is 24.3 Å². The maximum atomic E-state index is 12.9. The van der Waals surface area contributed by atoms with E-state index in [-0.39, 0.29) is 4.90 Å². The lowest BCUT2D eigenvalue weighted by molar-refractivity contribution is 0.363. The molecule has 0 unspecified atom stereocenters. The molecule has 2 aromatic rings. The molecule has 0 aromatic heterocycles. The summed E-state index contributed by atoms with van der Waals surface area (Å²) in [7, 11) is -4.00. The zero-order valence-corrected chi connectivity index (χ0v) is 13.5. The lowest BCUT2D eigenvalue weighted by Crippen LogP contribution is -2.03. The molecule has 2 aromatic carbocycles. The molecule has 0 amide bonds. The Bertz CT molecular complexity index is 893. The van der Waals surface area contributed by atoms with E-state index < -0.39 is 20.6 Å². The highest BCUT2D eigenvalue weighted by atomic mass is 32.2. The molecule has 0 bridgehead atoms. The fraction of sp³-hybridized carbons (Fsp3) is 0.0556. The molecule has 0 atom stereocenters. The number of rotatable bonds is 6. The molecule has 0 heterocycles. The Hall–Kier alpha value is -2.91. The van der Waals surface area contributed by atoms with Crippen LogP contribution in [0.2, 0.25) is 0 Å². The standard InChI is InChI=1S/C18H14FNO3S/c1-2-11-23-16-7-3-14(4-8-16)12-18(13-20)24(21,22)17-9-5-15(19)6-10-17/h2-10,12H,1,11H2/b18-12+. The number of nitrogens with zero attached hydrogens (tertiary/aromatic N) is 1. The van der Waals surface area contributed by atoms with Crippen molar-refractivity contribution >= 4 is 15.9 Å². The van der Waals surface area contributed by atoms with E-state index >= 15 is 0 Å². The van der Waals surface area contributed by atoms with Crippen LogP contribution in [0, 0.1) is 17.1 Å². The molecule has 6 heteroatoms. The van der Waals surface area contributed by atoms with Gasteiger partial charge >= 0.3 is 0 Å². The van der Waals surface area contributed by atoms with Crippen molar-refractivity contribution in [2.45, 2.75) is 4.90 Å². The average Bonchev–Trinajstić information content (AvgIpc) is 2.59. The summed E-state index contributed by atoms with van der Waals surface area (Å²) < 4.78 is 43.1. The Morgan fingerprint density at radius 3 is 2.33 bits per heavy atom. The van der Waals surface area contributed by atoms with Gasteiger partial charge in [-0.1, -0.05) is 24.8 Å². The predicted molar refractivity (Wildman–Crippen MR) is 89.3 cm³/mol. The van der Waals surface area contributed by atoms with Crippen molar-refractivity contribution in [3.8, 4) is 11.8 Å². The first-order valence-electron chi connectivity index (χ1n) is 6.93. The monoisotopic (exact) mass is 343 g/mol. The molecule has 0 saturated carbocycles. The number of sulfone groups is 1. The maximum absolute atomic E-state index is 12.9. The molecule has 0 N–H and O–H groups in total. The zero-order valence-electron chi connectivity index (χ0n) is 12.6. The second kappa shape index (κ2) is 7.57. The summed E-state index contributed by atoms with van der Waals surface area (Å²) >= 11 is 0. The Balaban J connectivity index is 2.33. The van der Waals surface area contributed by atoms with Gasteiger partial charge in [0.15, 0.2) is 0 Å². The van der Waals surface area contributed by atoms with Crippen LogP contribution in [0.1, 0.15) is 5.56 Å².